The summed E-state index contributed by atoms with van der Waals surface area (Å²) in [5.41, 5.74) is 0.620. The van der Waals surface area contributed by atoms with Crippen molar-refractivity contribution in [2.75, 3.05) is 7.11 Å². The minimum atomic E-state index is -0.644. The second-order valence-corrected chi connectivity index (χ2v) is 14.4. The minimum Gasteiger partial charge on any atom is -0.469 e. The van der Waals surface area contributed by atoms with Crippen molar-refractivity contribution < 1.29 is 19.4 Å². The van der Waals surface area contributed by atoms with Gasteiger partial charge in [0.1, 0.15) is 6.29 Å². The first kappa shape index (κ1) is 25.5. The standard InChI is InChI=1S/C31H48O4/c1-19(2)20-10-15-31(26(34)35-7)17-16-29(5)21(25(20)31)8-9-23-27(3)13-12-24(33)28(4,18-32)22(27)11-14-30(23,29)6/h18,20-25,33H,1,8-17H2,2-7H3/t20-,21?,22+,23+,24?,25+,27-,28?,29+,30+,31-/m0/s1. The molecular formula is C31H48O4. The molecule has 11 atom stereocenters. The summed E-state index contributed by atoms with van der Waals surface area (Å²) < 4.78 is 5.47. The molecule has 0 heterocycles. The number of methoxy groups -OCH3 is 1. The molecule has 0 aromatic rings. The van der Waals surface area contributed by atoms with E-state index in [1.54, 1.807) is 7.11 Å². The van der Waals surface area contributed by atoms with Crippen LogP contribution in [-0.4, -0.2) is 30.6 Å². The Balaban J connectivity index is 1.57. The number of fused-ring (bicyclic) bond motifs is 7. The fraction of sp³-hybridized carbons (Fsp3) is 0.871. The van der Waals surface area contributed by atoms with Gasteiger partial charge in [-0.25, -0.2) is 0 Å². The highest BCUT2D eigenvalue weighted by Crippen LogP contribution is 2.77. The Morgan fingerprint density at radius 1 is 0.914 bits per heavy atom. The van der Waals surface area contributed by atoms with E-state index < -0.39 is 11.5 Å². The molecule has 0 spiro atoms. The molecule has 35 heavy (non-hydrogen) atoms. The Morgan fingerprint density at radius 2 is 1.63 bits per heavy atom. The zero-order valence-corrected chi connectivity index (χ0v) is 23.0. The third kappa shape index (κ3) is 2.95. The number of carbonyl (C=O) groups is 2. The molecule has 196 valence electrons. The van der Waals surface area contributed by atoms with E-state index in [4.69, 9.17) is 4.74 Å². The van der Waals surface area contributed by atoms with Crippen LogP contribution in [0.3, 0.4) is 0 Å². The predicted molar refractivity (Wildman–Crippen MR) is 137 cm³/mol. The maximum absolute atomic E-state index is 13.3. The number of hydrogen-bond donors (Lipinski definition) is 1. The van der Waals surface area contributed by atoms with Crippen LogP contribution in [0.5, 0.6) is 0 Å². The van der Waals surface area contributed by atoms with Crippen LogP contribution in [-0.2, 0) is 14.3 Å². The van der Waals surface area contributed by atoms with Gasteiger partial charge < -0.3 is 14.6 Å². The number of allylic oxidation sites excluding steroid dienone is 1. The predicted octanol–water partition coefficient (Wildman–Crippen LogP) is 6.36. The number of hydrogen-bond acceptors (Lipinski definition) is 4. The number of rotatable bonds is 3. The average molecular weight is 485 g/mol. The van der Waals surface area contributed by atoms with Gasteiger partial charge in [0.25, 0.3) is 0 Å². The van der Waals surface area contributed by atoms with Crippen LogP contribution < -0.4 is 0 Å². The van der Waals surface area contributed by atoms with Gasteiger partial charge in [-0.2, -0.15) is 0 Å². The van der Waals surface area contributed by atoms with Crippen molar-refractivity contribution in [3.8, 4) is 0 Å². The van der Waals surface area contributed by atoms with E-state index >= 15 is 0 Å². The summed E-state index contributed by atoms with van der Waals surface area (Å²) in [6.07, 6.45) is 10.7. The summed E-state index contributed by atoms with van der Waals surface area (Å²) >= 11 is 0. The van der Waals surface area contributed by atoms with Crippen molar-refractivity contribution in [2.24, 2.45) is 56.7 Å². The van der Waals surface area contributed by atoms with E-state index in [9.17, 15) is 14.7 Å². The van der Waals surface area contributed by atoms with Crippen LogP contribution in [0.25, 0.3) is 0 Å². The summed E-state index contributed by atoms with van der Waals surface area (Å²) in [6.45, 7) is 16.1. The summed E-state index contributed by atoms with van der Waals surface area (Å²) in [6, 6.07) is 0. The third-order valence-electron chi connectivity index (χ3n) is 13.6. The van der Waals surface area contributed by atoms with Crippen molar-refractivity contribution in [2.45, 2.75) is 105 Å². The Kier molecular flexibility index (Phi) is 5.77. The highest BCUT2D eigenvalue weighted by Gasteiger charge is 2.72. The van der Waals surface area contributed by atoms with Gasteiger partial charge in [-0.1, -0.05) is 39.8 Å². The van der Waals surface area contributed by atoms with Gasteiger partial charge in [0.2, 0.25) is 0 Å². The topological polar surface area (TPSA) is 63.6 Å². The molecule has 5 saturated carbocycles. The molecule has 3 unspecified atom stereocenters. The third-order valence-corrected chi connectivity index (χ3v) is 13.6. The summed E-state index contributed by atoms with van der Waals surface area (Å²) in [5, 5.41) is 10.9. The second-order valence-electron chi connectivity index (χ2n) is 14.4. The van der Waals surface area contributed by atoms with Crippen LogP contribution in [0.1, 0.15) is 98.8 Å². The Hall–Kier alpha value is -1.16. The van der Waals surface area contributed by atoms with E-state index in [1.165, 1.54) is 5.57 Å². The van der Waals surface area contributed by atoms with Gasteiger partial charge in [-0.15, -0.1) is 0 Å². The first-order valence-corrected chi connectivity index (χ1v) is 14.2. The lowest BCUT2D eigenvalue weighted by Gasteiger charge is -2.72. The largest absolute Gasteiger partial charge is 0.469 e. The molecule has 5 aliphatic carbocycles. The molecule has 0 aliphatic heterocycles. The van der Waals surface area contributed by atoms with E-state index in [0.717, 1.165) is 70.5 Å². The fourth-order valence-corrected chi connectivity index (χ4v) is 11.6. The van der Waals surface area contributed by atoms with Gasteiger partial charge in [-0.3, -0.25) is 4.79 Å². The SMILES string of the molecule is C=C(C)[C@@H]1CC[C@]2(C(=O)OC)CC[C@]3(C)C(CC[C@@H]4[C@@]5(C)CCC(O)C(C)(C=O)[C@@H]5CC[C@]43C)[C@@H]12. The van der Waals surface area contributed by atoms with Gasteiger partial charge in [-0.05, 0) is 117 Å². The lowest BCUT2D eigenvalue weighted by molar-refractivity contribution is -0.246. The fourth-order valence-electron chi connectivity index (χ4n) is 11.6. The lowest BCUT2D eigenvalue weighted by Crippen LogP contribution is -2.67. The highest BCUT2D eigenvalue weighted by molar-refractivity contribution is 5.78. The molecule has 0 bridgehead atoms. The van der Waals surface area contributed by atoms with Crippen molar-refractivity contribution in [3.63, 3.8) is 0 Å². The highest BCUT2D eigenvalue weighted by atomic mass is 16.5. The molecule has 0 aromatic heterocycles. The molecular weight excluding hydrogens is 436 g/mol. The Bertz CT molecular complexity index is 927. The number of carbonyl (C=O) groups excluding carboxylic acids is 2. The van der Waals surface area contributed by atoms with Crippen LogP contribution >= 0.6 is 0 Å². The molecule has 1 N–H and O–H groups in total. The molecule has 0 radical (unpaired) electrons. The molecule has 5 rings (SSSR count). The summed E-state index contributed by atoms with van der Waals surface area (Å²) in [4.78, 5) is 25.7. The van der Waals surface area contributed by atoms with Crippen molar-refractivity contribution in [1.82, 2.24) is 0 Å². The van der Waals surface area contributed by atoms with Gasteiger partial charge >= 0.3 is 5.97 Å². The lowest BCUT2D eigenvalue weighted by atomic mass is 9.32. The first-order chi connectivity index (χ1) is 16.4. The molecule has 0 aromatic carbocycles. The molecule has 4 heteroatoms. The smallest absolute Gasteiger partial charge is 0.312 e. The quantitative estimate of drug-likeness (QED) is 0.288. The summed E-state index contributed by atoms with van der Waals surface area (Å²) in [5.74, 6) is 2.00. The van der Waals surface area contributed by atoms with E-state index in [2.05, 4.69) is 34.3 Å². The number of aliphatic hydroxyl groups excluding tert-OH is 1. The van der Waals surface area contributed by atoms with E-state index in [-0.39, 0.29) is 33.5 Å². The van der Waals surface area contributed by atoms with Gasteiger partial charge in [0.15, 0.2) is 0 Å². The number of ether oxygens (including phenoxy) is 1. The summed E-state index contributed by atoms with van der Waals surface area (Å²) in [7, 11) is 1.57. The molecule has 4 nitrogen and oxygen atoms in total. The van der Waals surface area contributed by atoms with E-state index in [0.29, 0.717) is 23.7 Å². The van der Waals surface area contributed by atoms with Gasteiger partial charge in [0.05, 0.1) is 24.0 Å². The van der Waals surface area contributed by atoms with Crippen LogP contribution in [0, 0.1) is 56.7 Å². The van der Waals surface area contributed by atoms with Crippen LogP contribution in [0.2, 0.25) is 0 Å². The maximum Gasteiger partial charge on any atom is 0.312 e. The zero-order chi connectivity index (χ0) is 25.6. The number of aliphatic hydroxyl groups is 1. The molecule has 0 amide bonds. The molecule has 5 aliphatic rings. The minimum absolute atomic E-state index is 0.0132. The van der Waals surface area contributed by atoms with Crippen molar-refractivity contribution >= 4 is 12.3 Å². The Morgan fingerprint density at radius 3 is 2.26 bits per heavy atom. The maximum atomic E-state index is 13.3. The van der Waals surface area contributed by atoms with E-state index in [1.807, 2.05) is 6.92 Å². The molecule has 0 saturated heterocycles. The first-order valence-electron chi connectivity index (χ1n) is 14.2. The number of aldehydes is 1. The number of esters is 1. The van der Waals surface area contributed by atoms with Gasteiger partial charge in [0, 0.05) is 0 Å². The van der Waals surface area contributed by atoms with Crippen LogP contribution in [0.4, 0.5) is 0 Å². The Labute approximate surface area is 212 Å². The monoisotopic (exact) mass is 484 g/mol. The van der Waals surface area contributed by atoms with Crippen LogP contribution in [0.15, 0.2) is 12.2 Å². The molecule has 5 fully saturated rings. The van der Waals surface area contributed by atoms with Crippen molar-refractivity contribution in [3.05, 3.63) is 12.2 Å². The zero-order valence-electron chi connectivity index (χ0n) is 23.0. The normalized spacial score (nSPS) is 55.1. The van der Waals surface area contributed by atoms with Crippen molar-refractivity contribution in [1.29, 1.82) is 0 Å². The average Bonchev–Trinajstić information content (AvgIpc) is 3.23. The second kappa shape index (κ2) is 7.92.